The van der Waals surface area contributed by atoms with Gasteiger partial charge in [-0.15, -0.1) is 0 Å². The topological polar surface area (TPSA) is 53.5 Å². The fourth-order valence-corrected chi connectivity index (χ4v) is 15.8. The first-order valence-electron chi connectivity index (χ1n) is 42.1. The van der Waals surface area contributed by atoms with Crippen LogP contribution in [0.3, 0.4) is 0 Å². The molecule has 384 valence electrons. The summed E-state index contributed by atoms with van der Waals surface area (Å²) >= 11 is 0. The van der Waals surface area contributed by atoms with Gasteiger partial charge in [0, 0.05) is 37.9 Å². The first kappa shape index (κ1) is 24.3. The third-order valence-corrected chi connectivity index (χ3v) is 19.1. The van der Waals surface area contributed by atoms with Crippen LogP contribution in [0.1, 0.15) is 46.6 Å². The molecular formula is C75H50N6Si. The number of para-hydroxylation sites is 6. The van der Waals surface area contributed by atoms with Crippen molar-refractivity contribution in [2.24, 2.45) is 0 Å². The highest BCUT2D eigenvalue weighted by molar-refractivity contribution is 7.20. The lowest BCUT2D eigenvalue weighted by Crippen LogP contribution is -2.74. The maximum atomic E-state index is 9.87. The largest absolute Gasteiger partial charge is 0.309 e. The van der Waals surface area contributed by atoms with E-state index in [1.54, 1.807) is 66.7 Å². The van der Waals surface area contributed by atoms with Crippen molar-refractivity contribution in [3.63, 3.8) is 0 Å². The van der Waals surface area contributed by atoms with Crippen molar-refractivity contribution in [2.75, 3.05) is 0 Å². The highest BCUT2D eigenvalue weighted by Crippen LogP contribution is 2.39. The molecule has 12 aromatic carbocycles. The molecule has 4 heterocycles. The number of hydrogen-bond acceptors (Lipinski definition) is 3. The third-order valence-electron chi connectivity index (χ3n) is 14.4. The lowest BCUT2D eigenvalue weighted by molar-refractivity contribution is 0.892. The van der Waals surface area contributed by atoms with E-state index >= 15 is 0 Å². The summed E-state index contributed by atoms with van der Waals surface area (Å²) in [4.78, 5) is 15.2. The van der Waals surface area contributed by atoms with E-state index in [9.17, 15) is 30.2 Å². The minimum Gasteiger partial charge on any atom is -0.309 e. The third kappa shape index (κ3) is 7.44. The van der Waals surface area contributed by atoms with Crippen molar-refractivity contribution in [2.45, 2.75) is 0 Å². The first-order chi connectivity index (χ1) is 54.8. The van der Waals surface area contributed by atoms with Gasteiger partial charge in [-0.05, 0) is 91.4 Å². The van der Waals surface area contributed by atoms with Crippen molar-refractivity contribution >= 4 is 94.2 Å². The van der Waals surface area contributed by atoms with Crippen LogP contribution in [0.25, 0.3) is 117 Å². The molecule has 0 N–H and O–H groups in total. The number of nitrogens with zero attached hydrogens (tertiary/aromatic N) is 6. The molecule has 0 fully saturated rings. The van der Waals surface area contributed by atoms with E-state index in [-0.39, 0.29) is 43.5 Å². The summed E-state index contributed by atoms with van der Waals surface area (Å²) in [5, 5.41) is -2.01. The van der Waals surface area contributed by atoms with Crippen molar-refractivity contribution < 1.29 is 46.6 Å². The maximum absolute atomic E-state index is 9.87. The van der Waals surface area contributed by atoms with Gasteiger partial charge in [-0.25, -0.2) is 0 Å². The normalized spacial score (nSPS) is 17.7. The fourth-order valence-electron chi connectivity index (χ4n) is 11.0. The van der Waals surface area contributed by atoms with Gasteiger partial charge in [-0.2, -0.15) is 15.0 Å². The predicted molar refractivity (Wildman–Crippen MR) is 343 cm³/mol. The van der Waals surface area contributed by atoms with Crippen molar-refractivity contribution in [1.82, 2.24) is 28.7 Å². The highest BCUT2D eigenvalue weighted by Gasteiger charge is 2.43. The van der Waals surface area contributed by atoms with Crippen LogP contribution in [0.4, 0.5) is 0 Å². The Morgan fingerprint density at radius 1 is 0.280 bits per heavy atom. The van der Waals surface area contributed by atoms with Crippen LogP contribution < -0.4 is 20.7 Å². The number of hydrogen-bond donors (Lipinski definition) is 0. The van der Waals surface area contributed by atoms with Crippen LogP contribution >= 0.6 is 0 Å². The molecular weight excluding hydrogens is 1010 g/mol. The van der Waals surface area contributed by atoms with Crippen LogP contribution in [0.2, 0.25) is 0 Å². The molecule has 7 heteroatoms. The molecule has 6 nitrogen and oxygen atoms in total. The average molecular weight is 1100 g/mol. The first-order valence-corrected chi connectivity index (χ1v) is 27.1. The average Bonchev–Trinajstić information content (AvgIpc) is 1.46. The van der Waals surface area contributed by atoms with Crippen molar-refractivity contribution in [3.05, 3.63) is 303 Å². The Morgan fingerprint density at radius 3 is 1.05 bits per heavy atom. The summed E-state index contributed by atoms with van der Waals surface area (Å²) in [6.07, 6.45) is 0. The SMILES string of the molecule is [2H]c1c([2H])c([2H])c(-c2cccc([Si](c3ccccc3)(c3cccc(-c4c([2H])c([2H])c([2H])c([2H])c4[2H])c3)c3ccc(-n4c5c([2H])c([2H])c([2H])c([2H])c5c5c([2H])c([2H])c([2H])c([2H])c54)c(-c4nc(-n5c6c([2H])c([2H])c([2H])c([2H])c6c6c([2H])c([2H])c([2H])c([2H])c65)nc(-n5c6c([2H])c([2H])c([2H])c([2H])c6c6c([2H])c([2H])c([2H])c([2H])c65)n4)c3)c2)c([2H])c1[2H]. The molecule has 0 saturated carbocycles. The van der Waals surface area contributed by atoms with E-state index in [1.807, 2.05) is 0 Å². The quantitative estimate of drug-likeness (QED) is 0.101. The summed E-state index contributed by atoms with van der Waals surface area (Å²) in [6.45, 7) is 0. The summed E-state index contributed by atoms with van der Waals surface area (Å²) in [5.74, 6) is -2.57. The summed E-state index contributed by atoms with van der Waals surface area (Å²) in [7, 11) is -4.78. The zero-order valence-electron chi connectivity index (χ0n) is 75.9. The monoisotopic (exact) mass is 1100 g/mol. The summed E-state index contributed by atoms with van der Waals surface area (Å²) < 4.78 is 318. The predicted octanol–water partition coefficient (Wildman–Crippen LogP) is 15.5. The second-order valence-electron chi connectivity index (χ2n) is 18.6. The minimum absolute atomic E-state index is 0.0375. The molecule has 0 amide bonds. The van der Waals surface area contributed by atoms with Crippen LogP contribution in [0.15, 0.2) is 303 Å². The van der Waals surface area contributed by atoms with Crippen LogP contribution in [0, 0.1) is 0 Å². The zero-order chi connectivity index (χ0) is 83.7. The molecule has 4 aromatic heterocycles. The van der Waals surface area contributed by atoms with Crippen LogP contribution in [0.5, 0.6) is 0 Å². The second-order valence-corrected chi connectivity index (χ2v) is 22.4. The van der Waals surface area contributed by atoms with Gasteiger partial charge in [0.15, 0.2) is 13.9 Å². The Labute approximate surface area is 522 Å². The van der Waals surface area contributed by atoms with Gasteiger partial charge in [0.2, 0.25) is 11.9 Å². The second kappa shape index (κ2) is 19.3. The van der Waals surface area contributed by atoms with E-state index in [0.717, 1.165) is 13.7 Å². The molecule has 16 aromatic rings. The smallest absolute Gasteiger partial charge is 0.240 e. The van der Waals surface area contributed by atoms with Crippen LogP contribution in [-0.2, 0) is 0 Å². The number of aromatic nitrogens is 6. The molecule has 0 aliphatic heterocycles. The van der Waals surface area contributed by atoms with Gasteiger partial charge in [-0.3, -0.25) is 9.13 Å². The standard InChI is InChI=1S/C75H50N6Si/c1-4-24-51(25-5-1)53-28-22-32-56(48-53)82(55-30-8-3-9-31-55,57-33-23-29-54(49-57)52-26-6-2-7-27-52)58-46-47-72(79-66-40-16-10-34-59(66)60-35-11-17-41-67(60)79)65(50-58)73-76-74(80-68-42-18-12-36-61(68)62-37-13-19-43-69(62)80)78-75(77-73)81-70-44-20-14-38-63(70)64-39-15-21-45-71(64)81/h1-50H/i1D,2D,4D,5D,6D,7D,10D,11D,12D,13D,14D,15D,16D,17D,18D,19D,20D,21D,24D,25D,26D,27D,34D,35D,36D,37D,38D,39D,40D,41D,42D,43D,44D,45D. The van der Waals surface area contributed by atoms with Gasteiger partial charge < -0.3 is 4.57 Å². The van der Waals surface area contributed by atoms with Gasteiger partial charge in [0.1, 0.15) is 0 Å². The molecule has 0 atom stereocenters. The fraction of sp³-hybridized carbons (Fsp3) is 0. The number of benzene rings is 12. The zero-order valence-corrected chi connectivity index (χ0v) is 42.9. The van der Waals surface area contributed by atoms with E-state index in [0.29, 0.717) is 5.19 Å². The van der Waals surface area contributed by atoms with Gasteiger partial charge in [0.25, 0.3) is 0 Å². The Hall–Kier alpha value is -10.7. The summed E-state index contributed by atoms with van der Waals surface area (Å²) in [5.41, 5.74) is -4.89. The van der Waals surface area contributed by atoms with Gasteiger partial charge >= 0.3 is 0 Å². The van der Waals surface area contributed by atoms with Gasteiger partial charge in [0.05, 0.1) is 85.4 Å². The van der Waals surface area contributed by atoms with E-state index in [2.05, 4.69) is 0 Å². The van der Waals surface area contributed by atoms with Crippen LogP contribution in [-0.4, -0.2) is 36.7 Å². The molecule has 0 aliphatic rings. The molecule has 0 aliphatic carbocycles. The molecule has 16 rings (SSSR count). The summed E-state index contributed by atoms with van der Waals surface area (Å²) in [6, 6.07) is -2.60. The van der Waals surface area contributed by atoms with Crippen molar-refractivity contribution in [3.8, 4) is 51.2 Å². The van der Waals surface area contributed by atoms with Gasteiger partial charge in [-0.1, -0.05) is 254 Å². The minimum atomic E-state index is -4.78. The molecule has 0 saturated heterocycles. The molecule has 0 bridgehead atoms. The Morgan fingerprint density at radius 2 is 0.634 bits per heavy atom. The highest BCUT2D eigenvalue weighted by atomic mass is 28.3. The lowest BCUT2D eigenvalue weighted by Gasteiger charge is -2.35. The molecule has 0 unspecified atom stereocenters. The van der Waals surface area contributed by atoms with Crippen molar-refractivity contribution in [1.29, 1.82) is 0 Å². The van der Waals surface area contributed by atoms with E-state index in [1.165, 1.54) is 30.3 Å². The number of fused-ring (bicyclic) bond motifs is 9. The molecule has 82 heavy (non-hydrogen) atoms. The van der Waals surface area contributed by atoms with E-state index < -0.39 is 302 Å². The lowest BCUT2D eigenvalue weighted by atomic mass is 10.1. The number of rotatable bonds is 10. The molecule has 0 radical (unpaired) electrons. The molecule has 0 spiro atoms. The van der Waals surface area contributed by atoms with E-state index in [4.69, 9.17) is 31.4 Å². The Balaban J connectivity index is 1.19. The Kier molecular flexibility index (Phi) is 5.72. The maximum Gasteiger partial charge on any atom is 0.240 e. The Bertz CT molecular complexity index is 6640.